The van der Waals surface area contributed by atoms with Crippen molar-refractivity contribution < 1.29 is 5.11 Å². The highest BCUT2D eigenvalue weighted by atomic mass is 32.2. The molecule has 1 aromatic carbocycles. The molecule has 0 spiro atoms. The molecule has 1 aromatic rings. The van der Waals surface area contributed by atoms with Gasteiger partial charge in [-0.1, -0.05) is 25.1 Å². The van der Waals surface area contributed by atoms with Gasteiger partial charge >= 0.3 is 0 Å². The Kier molecular flexibility index (Phi) is 6.48. The Morgan fingerprint density at radius 2 is 2.07 bits per heavy atom. The first kappa shape index (κ1) is 12.6. The molecule has 84 valence electrons. The third-order valence-corrected chi connectivity index (χ3v) is 3.15. The molecular weight excluding hydrogens is 206 g/mol. The number of aliphatic hydroxyl groups is 1. The second-order valence-corrected chi connectivity index (χ2v) is 4.58. The minimum absolute atomic E-state index is 0.262. The Bertz CT molecular complexity index is 253. The van der Waals surface area contributed by atoms with Crippen molar-refractivity contribution in [3.8, 4) is 0 Å². The molecule has 0 aliphatic heterocycles. The smallest absolute Gasteiger partial charge is 0.0758 e. The normalized spacial score (nSPS) is 12.7. The molecule has 15 heavy (non-hydrogen) atoms. The first-order valence-electron chi connectivity index (χ1n) is 5.39. The van der Waals surface area contributed by atoms with Gasteiger partial charge in [0, 0.05) is 17.2 Å². The van der Waals surface area contributed by atoms with Crippen molar-refractivity contribution in [3.05, 3.63) is 30.3 Å². The molecular formula is C12H19NOS. The summed E-state index contributed by atoms with van der Waals surface area (Å²) < 4.78 is 0. The number of hydrogen-bond acceptors (Lipinski definition) is 3. The topological polar surface area (TPSA) is 32.3 Å². The van der Waals surface area contributed by atoms with E-state index < -0.39 is 0 Å². The summed E-state index contributed by atoms with van der Waals surface area (Å²) in [5.74, 6) is 0.751. The van der Waals surface area contributed by atoms with Gasteiger partial charge in [-0.05, 0) is 25.1 Å². The Labute approximate surface area is 96.1 Å². The summed E-state index contributed by atoms with van der Waals surface area (Å²) >= 11 is 1.70. The second-order valence-electron chi connectivity index (χ2n) is 3.48. The van der Waals surface area contributed by atoms with E-state index in [2.05, 4.69) is 24.4 Å². The molecule has 2 nitrogen and oxygen atoms in total. The largest absolute Gasteiger partial charge is 0.391 e. The van der Waals surface area contributed by atoms with Crippen molar-refractivity contribution >= 4 is 11.8 Å². The van der Waals surface area contributed by atoms with E-state index in [1.807, 2.05) is 18.2 Å². The molecule has 1 rings (SSSR count). The molecule has 1 atom stereocenters. The fourth-order valence-electron chi connectivity index (χ4n) is 1.21. The van der Waals surface area contributed by atoms with Crippen molar-refractivity contribution in [1.82, 2.24) is 5.32 Å². The lowest BCUT2D eigenvalue weighted by atomic mass is 10.4. The van der Waals surface area contributed by atoms with E-state index in [1.165, 1.54) is 4.90 Å². The van der Waals surface area contributed by atoms with Crippen molar-refractivity contribution in [3.63, 3.8) is 0 Å². The number of thioether (sulfide) groups is 1. The van der Waals surface area contributed by atoms with Crippen LogP contribution in [0.1, 0.15) is 13.3 Å². The van der Waals surface area contributed by atoms with Crippen molar-refractivity contribution in [1.29, 1.82) is 0 Å². The number of nitrogens with one attached hydrogen (secondary N) is 1. The van der Waals surface area contributed by atoms with Crippen LogP contribution in [0.5, 0.6) is 0 Å². The van der Waals surface area contributed by atoms with Gasteiger partial charge in [0.05, 0.1) is 6.10 Å². The van der Waals surface area contributed by atoms with Crippen molar-refractivity contribution in [2.24, 2.45) is 0 Å². The zero-order valence-corrected chi connectivity index (χ0v) is 9.96. The van der Waals surface area contributed by atoms with Crippen LogP contribution in [0.4, 0.5) is 0 Å². The Morgan fingerprint density at radius 1 is 1.33 bits per heavy atom. The number of rotatable bonds is 7. The van der Waals surface area contributed by atoms with Crippen LogP contribution in [0.15, 0.2) is 35.2 Å². The van der Waals surface area contributed by atoms with E-state index in [-0.39, 0.29) is 6.10 Å². The summed E-state index contributed by atoms with van der Waals surface area (Å²) in [7, 11) is 0. The van der Waals surface area contributed by atoms with Crippen LogP contribution in [0.3, 0.4) is 0 Å². The molecule has 0 saturated heterocycles. The number of benzene rings is 1. The quantitative estimate of drug-likeness (QED) is 0.551. The minimum Gasteiger partial charge on any atom is -0.391 e. The molecule has 0 aliphatic carbocycles. The van der Waals surface area contributed by atoms with Crippen LogP contribution in [-0.2, 0) is 0 Å². The zero-order valence-electron chi connectivity index (χ0n) is 9.15. The first-order chi connectivity index (χ1) is 7.33. The summed E-state index contributed by atoms with van der Waals surface area (Å²) in [4.78, 5) is 1.21. The van der Waals surface area contributed by atoms with Crippen LogP contribution in [-0.4, -0.2) is 30.1 Å². The van der Waals surface area contributed by atoms with Gasteiger partial charge < -0.3 is 10.4 Å². The average Bonchev–Trinajstić information content (AvgIpc) is 2.28. The molecule has 0 radical (unpaired) electrons. The summed E-state index contributed by atoms with van der Waals surface area (Å²) in [6, 6.07) is 10.2. The molecule has 3 heteroatoms. The van der Waals surface area contributed by atoms with Gasteiger partial charge in [0.15, 0.2) is 0 Å². The van der Waals surface area contributed by atoms with Gasteiger partial charge in [0.1, 0.15) is 0 Å². The number of aliphatic hydroxyl groups excluding tert-OH is 1. The Hall–Kier alpha value is -0.510. The standard InChI is InChI=1S/C12H19NOS/c1-2-8-13-9-11(14)10-15-12-6-4-3-5-7-12/h3-7,11,13-14H,2,8-10H2,1H3. The van der Waals surface area contributed by atoms with Gasteiger partial charge in [-0.2, -0.15) is 0 Å². The third kappa shape index (κ3) is 5.82. The van der Waals surface area contributed by atoms with Gasteiger partial charge in [-0.15, -0.1) is 11.8 Å². The van der Waals surface area contributed by atoms with Crippen LogP contribution in [0, 0.1) is 0 Å². The molecule has 0 heterocycles. The monoisotopic (exact) mass is 225 g/mol. The number of hydrogen-bond donors (Lipinski definition) is 2. The lowest BCUT2D eigenvalue weighted by molar-refractivity contribution is 0.196. The predicted octanol–water partition coefficient (Wildman–Crippen LogP) is 2.14. The molecule has 0 aliphatic rings. The fourth-order valence-corrected chi connectivity index (χ4v) is 2.07. The van der Waals surface area contributed by atoms with E-state index in [0.717, 1.165) is 18.7 Å². The highest BCUT2D eigenvalue weighted by Crippen LogP contribution is 2.17. The molecule has 2 N–H and O–H groups in total. The van der Waals surface area contributed by atoms with Crippen LogP contribution in [0.2, 0.25) is 0 Å². The average molecular weight is 225 g/mol. The molecule has 0 saturated carbocycles. The highest BCUT2D eigenvalue weighted by molar-refractivity contribution is 7.99. The van der Waals surface area contributed by atoms with Crippen LogP contribution in [0.25, 0.3) is 0 Å². The van der Waals surface area contributed by atoms with E-state index in [4.69, 9.17) is 0 Å². The molecule has 1 unspecified atom stereocenters. The molecule has 0 bridgehead atoms. The second kappa shape index (κ2) is 7.74. The Morgan fingerprint density at radius 3 is 2.73 bits per heavy atom. The van der Waals surface area contributed by atoms with Gasteiger partial charge in [0.2, 0.25) is 0 Å². The van der Waals surface area contributed by atoms with Gasteiger partial charge in [-0.3, -0.25) is 0 Å². The maximum absolute atomic E-state index is 9.65. The van der Waals surface area contributed by atoms with E-state index >= 15 is 0 Å². The zero-order chi connectivity index (χ0) is 10.9. The SMILES string of the molecule is CCCNCC(O)CSc1ccccc1. The van der Waals surface area contributed by atoms with E-state index in [0.29, 0.717) is 6.54 Å². The lowest BCUT2D eigenvalue weighted by Gasteiger charge is -2.10. The maximum atomic E-state index is 9.65. The fraction of sp³-hybridized carbons (Fsp3) is 0.500. The van der Waals surface area contributed by atoms with E-state index in [1.54, 1.807) is 11.8 Å². The molecule has 0 fully saturated rings. The van der Waals surface area contributed by atoms with Crippen molar-refractivity contribution in [2.45, 2.75) is 24.3 Å². The maximum Gasteiger partial charge on any atom is 0.0758 e. The summed E-state index contributed by atoms with van der Waals surface area (Å²) in [6.07, 6.45) is 0.847. The minimum atomic E-state index is -0.262. The summed E-state index contributed by atoms with van der Waals surface area (Å²) in [5.41, 5.74) is 0. The van der Waals surface area contributed by atoms with Crippen LogP contribution >= 0.6 is 11.8 Å². The van der Waals surface area contributed by atoms with Gasteiger partial charge in [-0.25, -0.2) is 0 Å². The lowest BCUT2D eigenvalue weighted by Crippen LogP contribution is -2.28. The Balaban J connectivity index is 2.14. The van der Waals surface area contributed by atoms with Crippen molar-refractivity contribution in [2.75, 3.05) is 18.8 Å². The summed E-state index contributed by atoms with van der Waals surface area (Å²) in [6.45, 7) is 3.79. The predicted molar refractivity (Wildman–Crippen MR) is 66.3 cm³/mol. The third-order valence-electron chi connectivity index (χ3n) is 1.99. The van der Waals surface area contributed by atoms with Crippen LogP contribution < -0.4 is 5.32 Å². The van der Waals surface area contributed by atoms with E-state index in [9.17, 15) is 5.11 Å². The first-order valence-corrected chi connectivity index (χ1v) is 6.38. The summed E-state index contributed by atoms with van der Waals surface area (Å²) in [5, 5.41) is 12.9. The van der Waals surface area contributed by atoms with Gasteiger partial charge in [0.25, 0.3) is 0 Å². The highest BCUT2D eigenvalue weighted by Gasteiger charge is 2.03. The molecule has 0 amide bonds. The molecule has 0 aromatic heterocycles.